The van der Waals surface area contributed by atoms with E-state index in [-0.39, 0.29) is 24.8 Å². The molecule has 0 saturated carbocycles. The first-order chi connectivity index (χ1) is 13.9. The van der Waals surface area contributed by atoms with Crippen molar-refractivity contribution in [1.29, 1.82) is 0 Å². The first-order valence-electron chi connectivity index (χ1n) is 10.0. The molecule has 0 saturated heterocycles. The van der Waals surface area contributed by atoms with Crippen LogP contribution in [0.15, 0.2) is 78.9 Å². The lowest BCUT2D eigenvalue weighted by molar-refractivity contribution is 0.604. The Morgan fingerprint density at radius 2 is 1.43 bits per heavy atom. The summed E-state index contributed by atoms with van der Waals surface area (Å²) < 4.78 is 0. The highest BCUT2D eigenvalue weighted by Crippen LogP contribution is 2.42. The summed E-state index contributed by atoms with van der Waals surface area (Å²) in [5.41, 5.74) is 4.99. The molecule has 1 atom stereocenters. The quantitative estimate of drug-likeness (QED) is 0.260. The molecule has 2 nitrogen and oxygen atoms in total. The lowest BCUT2D eigenvalue weighted by atomic mass is 9.78. The summed E-state index contributed by atoms with van der Waals surface area (Å²) in [7, 11) is 0. The van der Waals surface area contributed by atoms with Crippen molar-refractivity contribution in [2.45, 2.75) is 25.2 Å². The summed E-state index contributed by atoms with van der Waals surface area (Å²) in [6, 6.07) is 28.4. The Balaban J connectivity index is 0.00000109. The van der Waals surface area contributed by atoms with Gasteiger partial charge in [0, 0.05) is 11.3 Å². The molecule has 0 fully saturated rings. The van der Waals surface area contributed by atoms with E-state index in [0.717, 1.165) is 24.1 Å². The molecule has 30 heavy (non-hydrogen) atoms. The first kappa shape index (κ1) is 20.6. The fraction of sp³-hybridized carbons (Fsp3) is 0.154. The van der Waals surface area contributed by atoms with Crippen molar-refractivity contribution < 1.29 is 0 Å². The van der Waals surface area contributed by atoms with E-state index >= 15 is 0 Å². The van der Waals surface area contributed by atoms with Crippen LogP contribution in [0.2, 0.25) is 0 Å². The minimum absolute atomic E-state index is 0. The molecule has 6 rings (SSSR count). The molecular formula is C26H22Cl2N2. The first-order valence-corrected chi connectivity index (χ1v) is 10.0. The number of fused-ring (bicyclic) bond motifs is 6. The van der Waals surface area contributed by atoms with Crippen molar-refractivity contribution in [3.8, 4) is 0 Å². The zero-order valence-corrected chi connectivity index (χ0v) is 18.0. The second-order valence-corrected chi connectivity index (χ2v) is 7.79. The van der Waals surface area contributed by atoms with Crippen LogP contribution in [0.1, 0.15) is 35.6 Å². The molecule has 0 bridgehead atoms. The number of nitrogens with zero attached hydrogens (tertiary/aromatic N) is 2. The van der Waals surface area contributed by atoms with E-state index in [4.69, 9.17) is 0 Å². The van der Waals surface area contributed by atoms with Gasteiger partial charge in [-0.1, -0.05) is 66.7 Å². The standard InChI is InChI=1S/C26H20N2.2ClH/c1-3-9-20-17(6-1)12-15-22-21(20)14-13-18-8-5-10-23(26(18)22)25-16-19-7-2-4-11-24(19)27-28-25;;/h1-4,6-7,9,11-16,23H,5,8,10H2;2*1H. The van der Waals surface area contributed by atoms with Crippen LogP contribution in [0, 0.1) is 0 Å². The average molecular weight is 433 g/mol. The largest absolute Gasteiger partial charge is 0.154 e. The Labute approximate surface area is 188 Å². The third-order valence-electron chi connectivity index (χ3n) is 6.22. The van der Waals surface area contributed by atoms with Gasteiger partial charge in [0.1, 0.15) is 0 Å². The monoisotopic (exact) mass is 432 g/mol. The van der Waals surface area contributed by atoms with Gasteiger partial charge in [-0.3, -0.25) is 0 Å². The van der Waals surface area contributed by atoms with Gasteiger partial charge in [0.05, 0.1) is 11.2 Å². The molecule has 4 aromatic carbocycles. The van der Waals surface area contributed by atoms with Gasteiger partial charge in [-0.15, -0.1) is 24.8 Å². The molecule has 1 unspecified atom stereocenters. The fourth-order valence-electron chi connectivity index (χ4n) is 4.89. The maximum absolute atomic E-state index is 4.65. The van der Waals surface area contributed by atoms with Gasteiger partial charge in [0.25, 0.3) is 0 Å². The van der Waals surface area contributed by atoms with Crippen molar-refractivity contribution >= 4 is 57.3 Å². The van der Waals surface area contributed by atoms with Crippen LogP contribution in [0.4, 0.5) is 0 Å². The predicted molar refractivity (Wildman–Crippen MR) is 130 cm³/mol. The van der Waals surface area contributed by atoms with E-state index in [0.29, 0.717) is 5.92 Å². The van der Waals surface area contributed by atoms with E-state index in [2.05, 4.69) is 76.9 Å². The lowest BCUT2D eigenvalue weighted by Gasteiger charge is -2.27. The van der Waals surface area contributed by atoms with E-state index in [1.54, 1.807) is 0 Å². The Morgan fingerprint density at radius 1 is 0.667 bits per heavy atom. The molecule has 1 heterocycles. The molecule has 0 amide bonds. The van der Waals surface area contributed by atoms with Gasteiger partial charge in [-0.2, -0.15) is 10.2 Å². The molecule has 150 valence electrons. The van der Waals surface area contributed by atoms with Gasteiger partial charge >= 0.3 is 0 Å². The number of aryl methyl sites for hydroxylation is 1. The third-order valence-corrected chi connectivity index (χ3v) is 6.22. The van der Waals surface area contributed by atoms with Crippen LogP contribution in [-0.2, 0) is 6.42 Å². The summed E-state index contributed by atoms with van der Waals surface area (Å²) in [5.74, 6) is 0.311. The van der Waals surface area contributed by atoms with Gasteiger partial charge in [-0.25, -0.2) is 0 Å². The Hall–Kier alpha value is -2.68. The van der Waals surface area contributed by atoms with Crippen molar-refractivity contribution in [2.75, 3.05) is 0 Å². The van der Waals surface area contributed by atoms with Gasteiger partial charge in [-0.05, 0) is 64.1 Å². The average Bonchev–Trinajstić information content (AvgIpc) is 2.78. The molecule has 4 heteroatoms. The highest BCUT2D eigenvalue weighted by atomic mass is 35.5. The number of benzene rings is 4. The second-order valence-electron chi connectivity index (χ2n) is 7.79. The second kappa shape index (κ2) is 8.22. The van der Waals surface area contributed by atoms with Crippen molar-refractivity contribution in [2.24, 2.45) is 0 Å². The number of rotatable bonds is 1. The molecule has 1 aromatic heterocycles. The summed E-state index contributed by atoms with van der Waals surface area (Å²) in [6.07, 6.45) is 3.48. The Bertz CT molecular complexity index is 1360. The fourth-order valence-corrected chi connectivity index (χ4v) is 4.89. The third kappa shape index (κ3) is 3.21. The van der Waals surface area contributed by atoms with Crippen molar-refractivity contribution in [1.82, 2.24) is 10.2 Å². The summed E-state index contributed by atoms with van der Waals surface area (Å²) in [4.78, 5) is 0. The van der Waals surface area contributed by atoms with Crippen LogP contribution >= 0.6 is 24.8 Å². The van der Waals surface area contributed by atoms with Crippen molar-refractivity contribution in [3.05, 3.63) is 95.7 Å². The number of halogens is 2. The molecule has 0 spiro atoms. The topological polar surface area (TPSA) is 25.8 Å². The molecule has 5 aromatic rings. The van der Waals surface area contributed by atoms with Crippen LogP contribution in [-0.4, -0.2) is 10.2 Å². The smallest absolute Gasteiger partial charge is 0.0929 e. The maximum Gasteiger partial charge on any atom is 0.0929 e. The van der Waals surface area contributed by atoms with Crippen LogP contribution in [0.25, 0.3) is 32.4 Å². The highest BCUT2D eigenvalue weighted by Gasteiger charge is 2.26. The zero-order valence-electron chi connectivity index (χ0n) is 16.4. The van der Waals surface area contributed by atoms with Crippen LogP contribution < -0.4 is 0 Å². The van der Waals surface area contributed by atoms with E-state index in [9.17, 15) is 0 Å². The minimum atomic E-state index is 0. The SMILES string of the molecule is Cl.Cl.c1ccc2nnc(C3CCCc4ccc5c(ccc6ccccc65)c43)cc2c1. The van der Waals surface area contributed by atoms with Crippen LogP contribution in [0.3, 0.4) is 0 Å². The Kier molecular flexibility index (Phi) is 5.64. The summed E-state index contributed by atoms with van der Waals surface area (Å²) in [6.45, 7) is 0. The van der Waals surface area contributed by atoms with Gasteiger partial charge < -0.3 is 0 Å². The van der Waals surface area contributed by atoms with Gasteiger partial charge in [0.15, 0.2) is 0 Å². The maximum atomic E-state index is 4.65. The van der Waals surface area contributed by atoms with E-state index < -0.39 is 0 Å². The number of aromatic nitrogens is 2. The lowest BCUT2D eigenvalue weighted by Crippen LogP contribution is -2.13. The number of hydrogen-bond acceptors (Lipinski definition) is 2. The van der Waals surface area contributed by atoms with Gasteiger partial charge in [0.2, 0.25) is 0 Å². The van der Waals surface area contributed by atoms with E-state index in [1.165, 1.54) is 44.5 Å². The summed E-state index contributed by atoms with van der Waals surface area (Å²) >= 11 is 0. The normalized spacial score (nSPS) is 15.4. The zero-order chi connectivity index (χ0) is 18.5. The molecule has 1 aliphatic carbocycles. The number of hydrogen-bond donors (Lipinski definition) is 0. The Morgan fingerprint density at radius 3 is 2.33 bits per heavy atom. The van der Waals surface area contributed by atoms with Crippen LogP contribution in [0.5, 0.6) is 0 Å². The molecule has 0 aliphatic heterocycles. The summed E-state index contributed by atoms with van der Waals surface area (Å²) in [5, 5.41) is 15.7. The molecular weight excluding hydrogens is 411 g/mol. The highest BCUT2D eigenvalue weighted by molar-refractivity contribution is 6.09. The molecule has 0 radical (unpaired) electrons. The minimum Gasteiger partial charge on any atom is -0.154 e. The van der Waals surface area contributed by atoms with E-state index in [1.807, 2.05) is 12.1 Å². The van der Waals surface area contributed by atoms with Crippen molar-refractivity contribution in [3.63, 3.8) is 0 Å². The molecule has 0 N–H and O–H groups in total. The predicted octanol–water partition coefficient (Wildman–Crippen LogP) is 7.25. The molecule has 1 aliphatic rings.